The summed E-state index contributed by atoms with van der Waals surface area (Å²) in [5.74, 6) is -0.617. The van der Waals surface area contributed by atoms with E-state index in [1.54, 1.807) is 0 Å². The molecular formula is C20H26O4. The van der Waals surface area contributed by atoms with Gasteiger partial charge in [0, 0.05) is 17.9 Å². The van der Waals surface area contributed by atoms with Gasteiger partial charge in [-0.25, -0.2) is 4.79 Å². The van der Waals surface area contributed by atoms with Crippen LogP contribution in [0.2, 0.25) is 0 Å². The number of hydrogen-bond donors (Lipinski definition) is 0. The molecule has 0 spiro atoms. The van der Waals surface area contributed by atoms with E-state index in [-0.39, 0.29) is 36.3 Å². The third-order valence-corrected chi connectivity index (χ3v) is 5.53. The smallest absolute Gasteiger partial charge is 0.334 e. The van der Waals surface area contributed by atoms with Crippen molar-refractivity contribution in [2.45, 2.75) is 70.7 Å². The number of hydrogen-bond acceptors (Lipinski definition) is 4. The van der Waals surface area contributed by atoms with Crippen LogP contribution >= 0.6 is 0 Å². The van der Waals surface area contributed by atoms with Gasteiger partial charge in [-0.1, -0.05) is 23.8 Å². The molecule has 130 valence electrons. The average Bonchev–Trinajstić information content (AvgIpc) is 3.13. The molecule has 0 N–H and O–H groups in total. The van der Waals surface area contributed by atoms with Gasteiger partial charge in [0.2, 0.25) is 0 Å². The van der Waals surface area contributed by atoms with E-state index in [1.807, 2.05) is 19.9 Å². The molecule has 3 aliphatic rings. The van der Waals surface area contributed by atoms with Crippen molar-refractivity contribution in [1.29, 1.82) is 0 Å². The fraction of sp³-hybridized carbons (Fsp3) is 0.600. The predicted molar refractivity (Wildman–Crippen MR) is 91.4 cm³/mol. The summed E-state index contributed by atoms with van der Waals surface area (Å²) in [5.41, 5.74) is 2.21. The van der Waals surface area contributed by atoms with E-state index < -0.39 is 5.60 Å². The molecule has 2 saturated heterocycles. The number of rotatable bonds is 0. The minimum Gasteiger partial charge on any atom is -0.454 e. The lowest BCUT2D eigenvalue weighted by molar-refractivity contribution is -0.137. The molecule has 0 aromatic carbocycles. The number of ketones is 1. The van der Waals surface area contributed by atoms with Gasteiger partial charge in [-0.05, 0) is 52.5 Å². The lowest BCUT2D eigenvalue weighted by Gasteiger charge is -2.17. The number of fused-ring (bicyclic) bond motifs is 2. The second kappa shape index (κ2) is 6.32. The molecular weight excluding hydrogens is 304 g/mol. The van der Waals surface area contributed by atoms with E-state index in [0.29, 0.717) is 5.57 Å². The van der Waals surface area contributed by atoms with E-state index in [4.69, 9.17) is 9.47 Å². The van der Waals surface area contributed by atoms with E-state index in [0.717, 1.165) is 25.7 Å². The van der Waals surface area contributed by atoms with Crippen molar-refractivity contribution >= 4 is 11.8 Å². The first-order valence-electron chi connectivity index (χ1n) is 8.75. The van der Waals surface area contributed by atoms with Crippen LogP contribution < -0.4 is 0 Å². The lowest BCUT2D eigenvalue weighted by atomic mass is 9.85. The summed E-state index contributed by atoms with van der Waals surface area (Å²) in [7, 11) is 0. The molecule has 2 heterocycles. The van der Waals surface area contributed by atoms with E-state index in [1.165, 1.54) is 11.1 Å². The molecule has 4 heteroatoms. The number of epoxide rings is 1. The normalized spacial score (nSPS) is 42.0. The molecule has 0 amide bonds. The van der Waals surface area contributed by atoms with Crippen molar-refractivity contribution in [1.82, 2.24) is 0 Å². The van der Waals surface area contributed by atoms with Crippen molar-refractivity contribution in [3.05, 3.63) is 35.5 Å². The maximum absolute atomic E-state index is 12.7. The Kier molecular flexibility index (Phi) is 4.52. The molecule has 0 unspecified atom stereocenters. The molecule has 0 aromatic heterocycles. The van der Waals surface area contributed by atoms with E-state index in [9.17, 15) is 9.59 Å². The van der Waals surface area contributed by atoms with Gasteiger partial charge >= 0.3 is 5.97 Å². The second-order valence-corrected chi connectivity index (χ2v) is 7.48. The maximum Gasteiger partial charge on any atom is 0.334 e. The fourth-order valence-corrected chi connectivity index (χ4v) is 3.63. The van der Waals surface area contributed by atoms with E-state index >= 15 is 0 Å². The monoisotopic (exact) mass is 330 g/mol. The largest absolute Gasteiger partial charge is 0.454 e. The van der Waals surface area contributed by atoms with Crippen LogP contribution in [0, 0.1) is 5.92 Å². The topological polar surface area (TPSA) is 55.9 Å². The third-order valence-electron chi connectivity index (χ3n) is 5.53. The Hall–Kier alpha value is -1.68. The Bertz CT molecular complexity index is 642. The van der Waals surface area contributed by atoms with Crippen molar-refractivity contribution in [2.75, 3.05) is 0 Å². The Labute approximate surface area is 143 Å². The van der Waals surface area contributed by atoms with Gasteiger partial charge in [0.1, 0.15) is 11.7 Å². The zero-order valence-electron chi connectivity index (χ0n) is 14.8. The molecule has 0 bridgehead atoms. The van der Waals surface area contributed by atoms with Gasteiger partial charge in [-0.2, -0.15) is 0 Å². The van der Waals surface area contributed by atoms with Gasteiger partial charge in [-0.3, -0.25) is 4.79 Å². The highest BCUT2D eigenvalue weighted by Gasteiger charge is 2.58. The van der Waals surface area contributed by atoms with Crippen LogP contribution in [0.5, 0.6) is 0 Å². The van der Waals surface area contributed by atoms with Gasteiger partial charge in [0.05, 0.1) is 6.10 Å². The van der Waals surface area contributed by atoms with Crippen molar-refractivity contribution in [3.8, 4) is 0 Å². The van der Waals surface area contributed by atoms with Crippen LogP contribution in [0.4, 0.5) is 0 Å². The number of esters is 1. The van der Waals surface area contributed by atoms with Crippen LogP contribution in [0.15, 0.2) is 35.5 Å². The van der Waals surface area contributed by atoms with Gasteiger partial charge in [0.15, 0.2) is 5.78 Å². The highest BCUT2D eigenvalue weighted by atomic mass is 16.6. The molecule has 4 nitrogen and oxygen atoms in total. The predicted octanol–water partition coefficient (Wildman–Crippen LogP) is 3.67. The molecule has 24 heavy (non-hydrogen) atoms. The Morgan fingerprint density at radius 2 is 1.96 bits per heavy atom. The zero-order chi connectivity index (χ0) is 17.5. The summed E-state index contributed by atoms with van der Waals surface area (Å²) >= 11 is 0. The molecule has 0 saturated carbocycles. The molecule has 0 radical (unpaired) electrons. The molecule has 0 aromatic rings. The van der Waals surface area contributed by atoms with Gasteiger partial charge in [-0.15, -0.1) is 0 Å². The third kappa shape index (κ3) is 3.25. The second-order valence-electron chi connectivity index (χ2n) is 7.48. The summed E-state index contributed by atoms with van der Waals surface area (Å²) in [5, 5.41) is 0. The van der Waals surface area contributed by atoms with E-state index in [2.05, 4.69) is 19.6 Å². The van der Waals surface area contributed by atoms with Crippen molar-refractivity contribution < 1.29 is 19.1 Å². The van der Waals surface area contributed by atoms with Crippen LogP contribution in [0.3, 0.4) is 0 Å². The number of ether oxygens (including phenoxy) is 2. The van der Waals surface area contributed by atoms with Crippen LogP contribution in [0.1, 0.15) is 52.9 Å². The molecule has 2 fully saturated rings. The minimum absolute atomic E-state index is 0.0155. The maximum atomic E-state index is 12.7. The standard InChI is InChI=1S/C20H26O4/c1-12-6-5-7-13(2)10-16-15(14(3)19(22)23-16)11-17(21)20(4)18(24-20)9-8-12/h6,10,15-16,18H,3,5,7-9,11H2,1-2,4H3/b12-6+,13-10+/t15-,16-,18-,20-/m0/s1. The van der Waals surface area contributed by atoms with Gasteiger partial charge < -0.3 is 9.47 Å². The minimum atomic E-state index is -0.709. The van der Waals surface area contributed by atoms with Crippen molar-refractivity contribution in [2.24, 2.45) is 5.92 Å². The number of Topliss-reactive ketones (excluding diaryl/α,β-unsaturated/α-hetero) is 1. The average molecular weight is 330 g/mol. The summed E-state index contributed by atoms with van der Waals surface area (Å²) in [6.07, 6.45) is 7.80. The molecule has 3 rings (SSSR count). The first-order chi connectivity index (χ1) is 11.3. The number of carbonyl (C=O) groups is 2. The van der Waals surface area contributed by atoms with Gasteiger partial charge in [0.25, 0.3) is 0 Å². The molecule has 1 aliphatic carbocycles. The number of carbonyl (C=O) groups excluding carboxylic acids is 2. The highest BCUT2D eigenvalue weighted by Crippen LogP contribution is 2.44. The van der Waals surface area contributed by atoms with Crippen LogP contribution in [0.25, 0.3) is 0 Å². The number of allylic oxidation sites excluding steroid dienone is 3. The Balaban J connectivity index is 1.86. The first kappa shape index (κ1) is 17.2. The summed E-state index contributed by atoms with van der Waals surface area (Å²) in [6.45, 7) is 9.88. The summed E-state index contributed by atoms with van der Waals surface area (Å²) in [6, 6.07) is 0. The summed E-state index contributed by atoms with van der Waals surface area (Å²) in [4.78, 5) is 24.6. The Morgan fingerprint density at radius 1 is 1.21 bits per heavy atom. The van der Waals surface area contributed by atoms with Crippen LogP contribution in [-0.4, -0.2) is 29.6 Å². The highest BCUT2D eigenvalue weighted by molar-refractivity contribution is 5.95. The lowest BCUT2D eigenvalue weighted by Crippen LogP contribution is -2.29. The quantitative estimate of drug-likeness (QED) is 0.294. The van der Waals surface area contributed by atoms with Crippen LogP contribution in [-0.2, 0) is 19.1 Å². The fourth-order valence-electron chi connectivity index (χ4n) is 3.63. The molecule has 4 atom stereocenters. The SMILES string of the molecule is C=C1C(=O)O[C@H]2/C=C(\C)CC/C=C(\C)CC[C@@H]3O[C@@]3(C)C(=O)C[C@@H]12. The molecule has 2 aliphatic heterocycles. The summed E-state index contributed by atoms with van der Waals surface area (Å²) < 4.78 is 11.2. The zero-order valence-corrected chi connectivity index (χ0v) is 14.8. The van der Waals surface area contributed by atoms with Crippen molar-refractivity contribution in [3.63, 3.8) is 0 Å². The first-order valence-corrected chi connectivity index (χ1v) is 8.75. The Morgan fingerprint density at radius 3 is 2.71 bits per heavy atom.